The van der Waals surface area contributed by atoms with Crippen molar-refractivity contribution in [3.05, 3.63) is 12.2 Å². The highest BCUT2D eigenvalue weighted by molar-refractivity contribution is 5.87. The molecule has 1 saturated carbocycles. The number of alkyl halides is 6. The predicted octanol–water partition coefficient (Wildman–Crippen LogP) is 3.43. The molecule has 0 bridgehead atoms. The van der Waals surface area contributed by atoms with E-state index in [0.29, 0.717) is 12.8 Å². The zero-order valence-corrected chi connectivity index (χ0v) is 15.5. The quantitative estimate of drug-likeness (QED) is 0.182. The van der Waals surface area contributed by atoms with E-state index in [1.54, 1.807) is 0 Å². The third-order valence-electron chi connectivity index (χ3n) is 4.03. The van der Waals surface area contributed by atoms with Gasteiger partial charge in [-0.1, -0.05) is 13.0 Å². The van der Waals surface area contributed by atoms with Gasteiger partial charge >= 0.3 is 35.7 Å². The standard InChI is InChI=1S/C17H20F6O6/c1-10(2)12(24)27-8-9-28-13(25)15(18,19)17(22,23)16(20,21)14(26)29-11-6-4-3-5-7-11/h11H,1,3-9H2,2H3. The van der Waals surface area contributed by atoms with Gasteiger partial charge in [0.2, 0.25) is 0 Å². The largest absolute Gasteiger partial charge is 0.459 e. The molecule has 0 unspecified atom stereocenters. The number of halogens is 6. The Labute approximate surface area is 162 Å². The first-order valence-electron chi connectivity index (χ1n) is 8.59. The number of rotatable bonds is 9. The Hall–Kier alpha value is -2.27. The highest BCUT2D eigenvalue weighted by Gasteiger charge is 2.79. The molecule has 166 valence electrons. The smallest absolute Gasteiger partial charge is 0.411 e. The average molecular weight is 434 g/mol. The van der Waals surface area contributed by atoms with Crippen molar-refractivity contribution in [3.8, 4) is 0 Å². The van der Waals surface area contributed by atoms with Gasteiger partial charge in [0.15, 0.2) is 0 Å². The highest BCUT2D eigenvalue weighted by atomic mass is 19.3. The van der Waals surface area contributed by atoms with Crippen LogP contribution >= 0.6 is 0 Å². The molecule has 12 heteroatoms. The van der Waals surface area contributed by atoms with Crippen molar-refractivity contribution in [2.24, 2.45) is 0 Å². The molecule has 6 nitrogen and oxygen atoms in total. The van der Waals surface area contributed by atoms with Gasteiger partial charge in [-0.2, -0.15) is 26.3 Å². The predicted molar refractivity (Wildman–Crippen MR) is 84.5 cm³/mol. The summed E-state index contributed by atoms with van der Waals surface area (Å²) in [7, 11) is 0. The summed E-state index contributed by atoms with van der Waals surface area (Å²) in [5, 5.41) is 0. The number of carbonyl (C=O) groups excluding carboxylic acids is 3. The zero-order chi connectivity index (χ0) is 22.5. The Kier molecular flexibility index (Phi) is 8.10. The molecule has 0 aliphatic heterocycles. The summed E-state index contributed by atoms with van der Waals surface area (Å²) in [6.07, 6.45) is 0.897. The van der Waals surface area contributed by atoms with E-state index in [1.807, 2.05) is 0 Å². The van der Waals surface area contributed by atoms with Gasteiger partial charge in [-0.05, 0) is 32.6 Å². The number of carbonyl (C=O) groups is 3. The van der Waals surface area contributed by atoms with Crippen molar-refractivity contribution in [1.82, 2.24) is 0 Å². The summed E-state index contributed by atoms with van der Waals surface area (Å²) in [5.74, 6) is -25.3. The lowest BCUT2D eigenvalue weighted by molar-refractivity contribution is -0.302. The maximum atomic E-state index is 13.8. The molecule has 0 aromatic carbocycles. The first kappa shape index (κ1) is 24.8. The molecule has 1 aliphatic rings. The summed E-state index contributed by atoms with van der Waals surface area (Å²) in [6, 6.07) is 0. The minimum atomic E-state index is -6.42. The second kappa shape index (κ2) is 9.49. The van der Waals surface area contributed by atoms with Crippen LogP contribution in [0.5, 0.6) is 0 Å². The molecule has 1 aliphatic carbocycles. The van der Waals surface area contributed by atoms with E-state index in [9.17, 15) is 40.7 Å². The molecule has 0 amide bonds. The maximum absolute atomic E-state index is 13.8. The molecule has 0 spiro atoms. The molecular formula is C17H20F6O6. The van der Waals surface area contributed by atoms with E-state index >= 15 is 0 Å². The fourth-order valence-corrected chi connectivity index (χ4v) is 2.34. The lowest BCUT2D eigenvalue weighted by atomic mass is 9.97. The minimum absolute atomic E-state index is 0.0793. The number of ether oxygens (including phenoxy) is 3. The van der Waals surface area contributed by atoms with Crippen molar-refractivity contribution < 1.29 is 54.9 Å². The molecule has 0 heterocycles. The van der Waals surface area contributed by atoms with E-state index in [4.69, 9.17) is 0 Å². The summed E-state index contributed by atoms with van der Waals surface area (Å²) in [6.45, 7) is 2.53. The van der Waals surface area contributed by atoms with Crippen LogP contribution in [-0.4, -0.2) is 55.0 Å². The van der Waals surface area contributed by atoms with Crippen molar-refractivity contribution >= 4 is 17.9 Å². The Morgan fingerprint density at radius 3 is 1.86 bits per heavy atom. The van der Waals surface area contributed by atoms with Crippen molar-refractivity contribution in [3.63, 3.8) is 0 Å². The third kappa shape index (κ3) is 5.63. The molecule has 1 rings (SSSR count). The fraction of sp³-hybridized carbons (Fsp3) is 0.706. The second-order valence-corrected chi connectivity index (χ2v) is 6.44. The Bertz CT molecular complexity index is 642. The Balaban J connectivity index is 2.76. The molecule has 0 saturated heterocycles. The van der Waals surface area contributed by atoms with Gasteiger partial charge < -0.3 is 14.2 Å². The van der Waals surface area contributed by atoms with Gasteiger partial charge in [-0.3, -0.25) is 0 Å². The van der Waals surface area contributed by atoms with Crippen LogP contribution in [0.1, 0.15) is 39.0 Å². The van der Waals surface area contributed by atoms with Crippen molar-refractivity contribution in [2.45, 2.75) is 62.9 Å². The molecule has 1 fully saturated rings. The van der Waals surface area contributed by atoms with E-state index in [2.05, 4.69) is 20.8 Å². The second-order valence-electron chi connectivity index (χ2n) is 6.44. The fourth-order valence-electron chi connectivity index (χ4n) is 2.34. The summed E-state index contributed by atoms with van der Waals surface area (Å²) >= 11 is 0. The molecule has 29 heavy (non-hydrogen) atoms. The van der Waals surface area contributed by atoms with E-state index in [1.165, 1.54) is 6.92 Å². The highest BCUT2D eigenvalue weighted by Crippen LogP contribution is 2.47. The summed E-state index contributed by atoms with van der Waals surface area (Å²) in [4.78, 5) is 33.7. The molecule has 0 aromatic rings. The Morgan fingerprint density at radius 2 is 1.34 bits per heavy atom. The van der Waals surface area contributed by atoms with Crippen LogP contribution in [0.3, 0.4) is 0 Å². The number of esters is 3. The van der Waals surface area contributed by atoms with Crippen LogP contribution in [0.2, 0.25) is 0 Å². The van der Waals surface area contributed by atoms with E-state index < -0.39 is 55.0 Å². The number of hydrogen-bond acceptors (Lipinski definition) is 6. The average Bonchev–Trinajstić information content (AvgIpc) is 2.64. The molecular weight excluding hydrogens is 414 g/mol. The first-order chi connectivity index (χ1) is 13.2. The van der Waals surface area contributed by atoms with Gasteiger partial charge in [-0.15, -0.1) is 0 Å². The number of hydrogen-bond donors (Lipinski definition) is 0. The van der Waals surface area contributed by atoms with Crippen LogP contribution in [0.15, 0.2) is 12.2 Å². The van der Waals surface area contributed by atoms with Crippen LogP contribution in [0.4, 0.5) is 26.3 Å². The van der Waals surface area contributed by atoms with Crippen LogP contribution in [0, 0.1) is 0 Å². The van der Waals surface area contributed by atoms with Crippen molar-refractivity contribution in [1.29, 1.82) is 0 Å². The summed E-state index contributed by atoms with van der Waals surface area (Å²) in [5.41, 5.74) is -0.0793. The van der Waals surface area contributed by atoms with Gasteiger partial charge in [0.05, 0.1) is 0 Å². The van der Waals surface area contributed by atoms with E-state index in [-0.39, 0.29) is 18.4 Å². The lowest BCUT2D eigenvalue weighted by Gasteiger charge is -2.31. The SMILES string of the molecule is C=C(C)C(=O)OCCOC(=O)C(F)(F)C(F)(F)C(F)(F)C(=O)OC1CCCCC1. The molecule has 0 radical (unpaired) electrons. The van der Waals surface area contributed by atoms with Gasteiger partial charge in [0.1, 0.15) is 19.3 Å². The molecule has 0 N–H and O–H groups in total. The topological polar surface area (TPSA) is 78.9 Å². The monoisotopic (exact) mass is 434 g/mol. The van der Waals surface area contributed by atoms with Crippen LogP contribution in [-0.2, 0) is 28.6 Å². The van der Waals surface area contributed by atoms with Crippen molar-refractivity contribution in [2.75, 3.05) is 13.2 Å². The van der Waals surface area contributed by atoms with Gasteiger partial charge in [0, 0.05) is 5.57 Å². The molecule has 0 atom stereocenters. The minimum Gasteiger partial charge on any atom is -0.459 e. The first-order valence-corrected chi connectivity index (χ1v) is 8.59. The summed E-state index contributed by atoms with van der Waals surface area (Å²) < 4.78 is 95.0. The van der Waals surface area contributed by atoms with Crippen LogP contribution in [0.25, 0.3) is 0 Å². The molecule has 0 aromatic heterocycles. The Morgan fingerprint density at radius 1 is 0.862 bits per heavy atom. The van der Waals surface area contributed by atoms with Crippen LogP contribution < -0.4 is 0 Å². The normalized spacial score (nSPS) is 16.1. The van der Waals surface area contributed by atoms with Gasteiger partial charge in [-0.25, -0.2) is 14.4 Å². The zero-order valence-electron chi connectivity index (χ0n) is 15.5. The van der Waals surface area contributed by atoms with E-state index in [0.717, 1.165) is 6.42 Å². The third-order valence-corrected chi connectivity index (χ3v) is 4.03. The van der Waals surface area contributed by atoms with Gasteiger partial charge in [0.25, 0.3) is 0 Å². The lowest BCUT2D eigenvalue weighted by Crippen LogP contribution is -2.62. The maximum Gasteiger partial charge on any atom is 0.411 e.